The topological polar surface area (TPSA) is 43.0 Å². The molecule has 1 N–H and O–H groups in total. The van der Waals surface area contributed by atoms with Crippen LogP contribution in [0.15, 0.2) is 16.8 Å². The number of aryl methyl sites for hydroxylation is 2. The fraction of sp³-hybridized carbons (Fsp3) is 0.500. The van der Waals surface area contributed by atoms with Crippen LogP contribution in [0, 0.1) is 20.8 Å². The van der Waals surface area contributed by atoms with Gasteiger partial charge in [0.2, 0.25) is 0 Å². The molecule has 0 radical (unpaired) electrons. The van der Waals surface area contributed by atoms with Crippen molar-refractivity contribution in [3.8, 4) is 0 Å². The fourth-order valence-electron chi connectivity index (χ4n) is 1.95. The molecule has 98 valence electrons. The highest BCUT2D eigenvalue weighted by Crippen LogP contribution is 2.17. The summed E-state index contributed by atoms with van der Waals surface area (Å²) < 4.78 is 7.99. The van der Waals surface area contributed by atoms with E-state index in [2.05, 4.69) is 41.7 Å². The maximum absolute atomic E-state index is 5.87. The van der Waals surface area contributed by atoms with Gasteiger partial charge >= 0.3 is 0 Å². The summed E-state index contributed by atoms with van der Waals surface area (Å²) in [5.74, 6) is 2.02. The van der Waals surface area contributed by atoms with Crippen molar-refractivity contribution in [2.45, 2.75) is 40.8 Å². The second-order valence-corrected chi connectivity index (χ2v) is 4.64. The van der Waals surface area contributed by atoms with Crippen molar-refractivity contribution in [1.82, 2.24) is 14.9 Å². The lowest BCUT2D eigenvalue weighted by Crippen LogP contribution is -2.11. The van der Waals surface area contributed by atoms with E-state index in [1.807, 2.05) is 13.3 Å². The molecule has 2 heterocycles. The number of nitrogens with zero attached hydrogens (tertiary/aromatic N) is 2. The Kier molecular flexibility index (Phi) is 3.87. The average molecular weight is 247 g/mol. The van der Waals surface area contributed by atoms with Gasteiger partial charge in [-0.3, -0.25) is 0 Å². The number of imidazole rings is 1. The molecule has 0 unspecified atom stereocenters. The van der Waals surface area contributed by atoms with E-state index in [9.17, 15) is 0 Å². The zero-order chi connectivity index (χ0) is 13.1. The standard InChI is InChI=1S/C14H21N3O/c1-5-15-7-14-10(2)6-13(18-14)8-17-9-16-11(3)12(17)4/h6,9,15H,5,7-8H2,1-4H3. The summed E-state index contributed by atoms with van der Waals surface area (Å²) in [4.78, 5) is 4.30. The number of aromatic nitrogens is 2. The Balaban J connectivity index is 2.12. The third-order valence-corrected chi connectivity index (χ3v) is 3.28. The van der Waals surface area contributed by atoms with E-state index in [0.717, 1.165) is 36.8 Å². The summed E-state index contributed by atoms with van der Waals surface area (Å²) in [5, 5.41) is 3.29. The highest BCUT2D eigenvalue weighted by atomic mass is 16.3. The summed E-state index contributed by atoms with van der Waals surface area (Å²) in [5.41, 5.74) is 3.48. The van der Waals surface area contributed by atoms with Crippen LogP contribution in [0.4, 0.5) is 0 Å². The zero-order valence-electron chi connectivity index (χ0n) is 11.6. The molecule has 0 saturated carbocycles. The number of nitrogens with one attached hydrogen (secondary N) is 1. The van der Waals surface area contributed by atoms with E-state index in [4.69, 9.17) is 4.42 Å². The van der Waals surface area contributed by atoms with Crippen LogP contribution in [0.1, 0.15) is 35.4 Å². The van der Waals surface area contributed by atoms with Gasteiger partial charge in [-0.1, -0.05) is 6.92 Å². The van der Waals surface area contributed by atoms with E-state index in [1.54, 1.807) is 0 Å². The molecule has 0 aliphatic heterocycles. The van der Waals surface area contributed by atoms with E-state index in [0.29, 0.717) is 0 Å². The minimum atomic E-state index is 0.750. The molecular formula is C14H21N3O. The first-order valence-corrected chi connectivity index (χ1v) is 6.39. The molecule has 0 amide bonds. The van der Waals surface area contributed by atoms with Gasteiger partial charge in [-0.2, -0.15) is 0 Å². The molecule has 0 aliphatic rings. The van der Waals surface area contributed by atoms with Crippen LogP contribution in [0.5, 0.6) is 0 Å². The van der Waals surface area contributed by atoms with Crippen LogP contribution < -0.4 is 5.32 Å². The molecule has 0 bridgehead atoms. The van der Waals surface area contributed by atoms with Gasteiger partial charge in [0.05, 0.1) is 25.1 Å². The lowest BCUT2D eigenvalue weighted by molar-refractivity contribution is 0.437. The summed E-state index contributed by atoms with van der Waals surface area (Å²) in [6, 6.07) is 2.11. The van der Waals surface area contributed by atoms with E-state index >= 15 is 0 Å². The molecule has 2 aromatic rings. The van der Waals surface area contributed by atoms with Crippen LogP contribution >= 0.6 is 0 Å². The number of hydrogen-bond donors (Lipinski definition) is 1. The van der Waals surface area contributed by atoms with Gasteiger partial charge in [-0.05, 0) is 38.9 Å². The van der Waals surface area contributed by atoms with Gasteiger partial charge in [0.25, 0.3) is 0 Å². The smallest absolute Gasteiger partial charge is 0.124 e. The van der Waals surface area contributed by atoms with E-state index < -0.39 is 0 Å². The molecular weight excluding hydrogens is 226 g/mol. The third-order valence-electron chi connectivity index (χ3n) is 3.28. The first-order valence-electron chi connectivity index (χ1n) is 6.39. The zero-order valence-corrected chi connectivity index (χ0v) is 11.6. The molecule has 0 saturated heterocycles. The van der Waals surface area contributed by atoms with Crippen molar-refractivity contribution in [2.24, 2.45) is 0 Å². The molecule has 0 aliphatic carbocycles. The molecule has 4 heteroatoms. The monoisotopic (exact) mass is 247 g/mol. The number of furan rings is 1. The molecule has 18 heavy (non-hydrogen) atoms. The molecule has 0 spiro atoms. The minimum Gasteiger partial charge on any atom is -0.463 e. The Labute approximate surface area is 108 Å². The maximum Gasteiger partial charge on any atom is 0.124 e. The van der Waals surface area contributed by atoms with Crippen molar-refractivity contribution >= 4 is 0 Å². The quantitative estimate of drug-likeness (QED) is 0.883. The second kappa shape index (κ2) is 5.40. The van der Waals surface area contributed by atoms with E-state index in [-0.39, 0.29) is 0 Å². The van der Waals surface area contributed by atoms with Gasteiger partial charge in [-0.25, -0.2) is 4.98 Å². The maximum atomic E-state index is 5.87. The van der Waals surface area contributed by atoms with Gasteiger partial charge in [0, 0.05) is 5.69 Å². The first kappa shape index (κ1) is 12.9. The average Bonchev–Trinajstić information content (AvgIpc) is 2.84. The predicted octanol–water partition coefficient (Wildman–Crippen LogP) is 2.56. The van der Waals surface area contributed by atoms with Gasteiger partial charge in [0.1, 0.15) is 11.5 Å². The lowest BCUT2D eigenvalue weighted by Gasteiger charge is -2.03. The Bertz CT molecular complexity index is 525. The van der Waals surface area contributed by atoms with Crippen LogP contribution in [0.25, 0.3) is 0 Å². The lowest BCUT2D eigenvalue weighted by atomic mass is 10.2. The fourth-order valence-corrected chi connectivity index (χ4v) is 1.95. The van der Waals surface area contributed by atoms with Crippen LogP contribution in [-0.4, -0.2) is 16.1 Å². The highest BCUT2D eigenvalue weighted by Gasteiger charge is 2.09. The van der Waals surface area contributed by atoms with Gasteiger partial charge in [-0.15, -0.1) is 0 Å². The minimum absolute atomic E-state index is 0.750. The largest absolute Gasteiger partial charge is 0.463 e. The summed E-state index contributed by atoms with van der Waals surface area (Å²) >= 11 is 0. The molecule has 4 nitrogen and oxygen atoms in total. The van der Waals surface area contributed by atoms with Crippen molar-refractivity contribution in [2.75, 3.05) is 6.54 Å². The third kappa shape index (κ3) is 2.64. The summed E-state index contributed by atoms with van der Waals surface area (Å²) in [6.07, 6.45) is 1.87. The Morgan fingerprint density at radius 1 is 1.33 bits per heavy atom. The normalized spacial score (nSPS) is 11.1. The highest BCUT2D eigenvalue weighted by molar-refractivity contribution is 5.21. The number of hydrogen-bond acceptors (Lipinski definition) is 3. The Morgan fingerprint density at radius 2 is 2.11 bits per heavy atom. The predicted molar refractivity (Wildman–Crippen MR) is 71.6 cm³/mol. The Morgan fingerprint density at radius 3 is 2.72 bits per heavy atom. The second-order valence-electron chi connectivity index (χ2n) is 4.64. The first-order chi connectivity index (χ1) is 8.61. The molecule has 0 fully saturated rings. The van der Waals surface area contributed by atoms with Crippen LogP contribution in [-0.2, 0) is 13.1 Å². The van der Waals surface area contributed by atoms with Crippen LogP contribution in [0.2, 0.25) is 0 Å². The molecule has 2 aromatic heterocycles. The van der Waals surface area contributed by atoms with Crippen molar-refractivity contribution in [3.05, 3.63) is 40.9 Å². The molecule has 0 aromatic carbocycles. The van der Waals surface area contributed by atoms with Crippen molar-refractivity contribution < 1.29 is 4.42 Å². The molecule has 0 atom stereocenters. The van der Waals surface area contributed by atoms with Crippen LogP contribution in [0.3, 0.4) is 0 Å². The number of rotatable bonds is 5. The Hall–Kier alpha value is -1.55. The van der Waals surface area contributed by atoms with Crippen molar-refractivity contribution in [1.29, 1.82) is 0 Å². The van der Waals surface area contributed by atoms with Crippen molar-refractivity contribution in [3.63, 3.8) is 0 Å². The molecule has 2 rings (SSSR count). The summed E-state index contributed by atoms with van der Waals surface area (Å²) in [6.45, 7) is 10.8. The SMILES string of the molecule is CCNCc1oc(Cn2cnc(C)c2C)cc1C. The van der Waals surface area contributed by atoms with Gasteiger partial charge < -0.3 is 14.3 Å². The van der Waals surface area contributed by atoms with Gasteiger partial charge in [0.15, 0.2) is 0 Å². The van der Waals surface area contributed by atoms with E-state index in [1.165, 1.54) is 11.3 Å². The summed E-state index contributed by atoms with van der Waals surface area (Å²) in [7, 11) is 0.